The van der Waals surface area contributed by atoms with Gasteiger partial charge in [0.15, 0.2) is 9.84 Å². The van der Waals surface area contributed by atoms with E-state index >= 15 is 0 Å². The molecule has 3 atom stereocenters. The van der Waals surface area contributed by atoms with E-state index in [4.69, 9.17) is 19.9 Å². The van der Waals surface area contributed by atoms with Crippen LogP contribution in [0.2, 0.25) is 0 Å². The standard InChI is InChI=1S/C34H39N7O4S2/c1-18(2)22-17-47(42,43)31-28(27(33-40-41-34(35)45-33)25(38-29(22)31)6-5-19-10-14-44-15-11-19)26-16-20-9-13-37-32(30(20)46-26)39-24-8-7-23-21(24)4-3-12-36-23/h3-4,9,12-13,16,18-19,22,24,28,38H,5-8,10-11,14-15,17H2,1-2H3,(H2,35,41)(H,37,39)/t22?,24-,28?/m1/s1. The second-order valence-electron chi connectivity index (χ2n) is 13.4. The lowest BCUT2D eigenvalue weighted by Crippen LogP contribution is -2.29. The van der Waals surface area contributed by atoms with E-state index in [1.807, 2.05) is 24.5 Å². The van der Waals surface area contributed by atoms with Gasteiger partial charge in [-0.2, -0.15) is 0 Å². The van der Waals surface area contributed by atoms with Crippen molar-refractivity contribution in [3.05, 3.63) is 75.0 Å². The number of thiophene rings is 1. The molecule has 47 heavy (non-hydrogen) atoms. The van der Waals surface area contributed by atoms with Gasteiger partial charge in [-0.05, 0) is 79.5 Å². The van der Waals surface area contributed by atoms with Gasteiger partial charge in [0.25, 0.3) is 0 Å². The van der Waals surface area contributed by atoms with Crippen LogP contribution < -0.4 is 16.4 Å². The van der Waals surface area contributed by atoms with Crippen LogP contribution in [0.4, 0.5) is 11.8 Å². The first-order valence-electron chi connectivity index (χ1n) is 16.5. The van der Waals surface area contributed by atoms with Crippen molar-refractivity contribution in [3.8, 4) is 0 Å². The number of fused-ring (bicyclic) bond motifs is 2. The van der Waals surface area contributed by atoms with Gasteiger partial charge >= 0.3 is 6.01 Å². The van der Waals surface area contributed by atoms with Gasteiger partial charge in [-0.15, -0.1) is 16.4 Å². The predicted octanol–water partition coefficient (Wildman–Crippen LogP) is 5.97. The lowest BCUT2D eigenvalue weighted by molar-refractivity contribution is 0.0639. The smallest absolute Gasteiger partial charge is 0.313 e. The molecule has 246 valence electrons. The fraction of sp³-hybridized carbons (Fsp3) is 0.471. The molecule has 1 aliphatic carbocycles. The van der Waals surface area contributed by atoms with Crippen LogP contribution in [0.15, 0.2) is 57.4 Å². The van der Waals surface area contributed by atoms with E-state index in [1.54, 1.807) is 11.3 Å². The van der Waals surface area contributed by atoms with Crippen molar-refractivity contribution < 1.29 is 17.6 Å². The second-order valence-corrected chi connectivity index (χ2v) is 16.5. The van der Waals surface area contributed by atoms with Crippen molar-refractivity contribution >= 4 is 48.7 Å². The van der Waals surface area contributed by atoms with Gasteiger partial charge in [-0.3, -0.25) is 4.98 Å². The molecule has 0 saturated carbocycles. The molecule has 0 aromatic carbocycles. The lowest BCUT2D eigenvalue weighted by Gasteiger charge is -2.32. The van der Waals surface area contributed by atoms with Crippen LogP contribution >= 0.6 is 11.3 Å². The minimum Gasteiger partial charge on any atom is -0.404 e. The minimum absolute atomic E-state index is 0.0532. The summed E-state index contributed by atoms with van der Waals surface area (Å²) in [5, 5.41) is 16.7. The summed E-state index contributed by atoms with van der Waals surface area (Å²) in [6, 6.07) is 8.24. The summed E-state index contributed by atoms with van der Waals surface area (Å²) in [4.78, 5) is 10.6. The van der Waals surface area contributed by atoms with Crippen molar-refractivity contribution in [3.63, 3.8) is 0 Å². The van der Waals surface area contributed by atoms with E-state index in [0.717, 1.165) is 89.6 Å². The van der Waals surface area contributed by atoms with Gasteiger partial charge in [-0.1, -0.05) is 25.0 Å². The third-order valence-corrected chi connectivity index (χ3v) is 13.3. The highest BCUT2D eigenvalue weighted by molar-refractivity contribution is 7.95. The van der Waals surface area contributed by atoms with E-state index in [9.17, 15) is 8.42 Å². The number of dihydropyridines is 1. The number of allylic oxidation sites excluding steroid dienone is 4. The van der Waals surface area contributed by atoms with E-state index in [-0.39, 0.29) is 35.5 Å². The molecule has 0 radical (unpaired) electrons. The SMILES string of the molecule is CC(C)C1CS(=O)(=O)C2=C1NC(CCC1CCOCC1)=C(c1nnc(N)o1)C2c1cc2ccnc(N[C@@H]3CCc4ncccc43)c2s1. The molecule has 13 heteroatoms. The van der Waals surface area contributed by atoms with Gasteiger partial charge in [0.1, 0.15) is 5.82 Å². The Hall–Kier alpha value is -3.81. The molecule has 7 heterocycles. The zero-order chi connectivity index (χ0) is 32.3. The van der Waals surface area contributed by atoms with Gasteiger partial charge in [-0.25, -0.2) is 13.4 Å². The molecule has 4 aliphatic rings. The minimum atomic E-state index is -3.62. The molecule has 0 spiro atoms. The summed E-state index contributed by atoms with van der Waals surface area (Å²) in [5.41, 5.74) is 10.7. The molecular formula is C34H39N7O4S2. The third kappa shape index (κ3) is 5.51. The Morgan fingerprint density at radius 2 is 1.98 bits per heavy atom. The van der Waals surface area contributed by atoms with Crippen molar-refractivity contribution in [2.75, 3.05) is 30.0 Å². The summed E-state index contributed by atoms with van der Waals surface area (Å²) in [5.74, 6) is 0.994. The topological polar surface area (TPSA) is 158 Å². The lowest BCUT2D eigenvalue weighted by atomic mass is 9.83. The van der Waals surface area contributed by atoms with Crippen LogP contribution in [0.3, 0.4) is 0 Å². The third-order valence-electron chi connectivity index (χ3n) is 10.2. The summed E-state index contributed by atoms with van der Waals surface area (Å²) in [7, 11) is -3.62. The number of nitrogen functional groups attached to an aromatic ring is 1. The molecule has 4 N–H and O–H groups in total. The molecule has 11 nitrogen and oxygen atoms in total. The number of ether oxygens (including phenoxy) is 1. The van der Waals surface area contributed by atoms with Crippen LogP contribution in [0.25, 0.3) is 15.7 Å². The average Bonchev–Trinajstić information content (AvgIpc) is 3.85. The fourth-order valence-corrected chi connectivity index (χ4v) is 11.4. The van der Waals surface area contributed by atoms with Gasteiger partial charge < -0.3 is 25.5 Å². The van der Waals surface area contributed by atoms with Crippen molar-refractivity contribution in [1.82, 2.24) is 25.5 Å². The number of nitrogens with one attached hydrogen (secondary N) is 2. The van der Waals surface area contributed by atoms with E-state index < -0.39 is 15.8 Å². The number of aryl methyl sites for hydroxylation is 1. The first-order valence-corrected chi connectivity index (χ1v) is 19.0. The van der Waals surface area contributed by atoms with Crippen molar-refractivity contribution in [2.24, 2.45) is 17.8 Å². The van der Waals surface area contributed by atoms with Crippen LogP contribution in [-0.4, -0.2) is 47.5 Å². The molecule has 8 rings (SSSR count). The number of sulfone groups is 1. The largest absolute Gasteiger partial charge is 0.404 e. The van der Waals surface area contributed by atoms with Crippen LogP contribution in [0.5, 0.6) is 0 Å². The number of nitrogens with two attached hydrogens (primary N) is 1. The summed E-state index contributed by atoms with van der Waals surface area (Å²) in [6.07, 6.45) is 9.18. The quantitative estimate of drug-likeness (QED) is 0.202. The Morgan fingerprint density at radius 1 is 1.13 bits per heavy atom. The first-order chi connectivity index (χ1) is 22.8. The van der Waals surface area contributed by atoms with Crippen molar-refractivity contribution in [2.45, 2.75) is 64.3 Å². The highest BCUT2D eigenvalue weighted by Gasteiger charge is 2.49. The average molecular weight is 674 g/mol. The summed E-state index contributed by atoms with van der Waals surface area (Å²) in [6.45, 7) is 5.72. The molecule has 3 aliphatic heterocycles. The Morgan fingerprint density at radius 3 is 2.77 bits per heavy atom. The Kier molecular flexibility index (Phi) is 7.80. The Balaban J connectivity index is 1.26. The number of nitrogens with zero attached hydrogens (tertiary/aromatic N) is 4. The van der Waals surface area contributed by atoms with Gasteiger partial charge in [0.2, 0.25) is 5.89 Å². The predicted molar refractivity (Wildman–Crippen MR) is 182 cm³/mol. The molecule has 0 bridgehead atoms. The summed E-state index contributed by atoms with van der Waals surface area (Å²) < 4.78 is 40.8. The molecule has 1 fully saturated rings. The van der Waals surface area contributed by atoms with Crippen molar-refractivity contribution in [1.29, 1.82) is 0 Å². The van der Waals surface area contributed by atoms with E-state index in [0.29, 0.717) is 16.4 Å². The molecule has 4 aromatic rings. The van der Waals surface area contributed by atoms with Gasteiger partial charge in [0.05, 0.1) is 27.3 Å². The zero-order valence-corrected chi connectivity index (χ0v) is 28.2. The highest BCUT2D eigenvalue weighted by atomic mass is 32.2. The van der Waals surface area contributed by atoms with Gasteiger partial charge in [0, 0.05) is 59.1 Å². The maximum atomic E-state index is 14.2. The Labute approximate surface area is 278 Å². The van der Waals surface area contributed by atoms with Crippen LogP contribution in [0, 0.1) is 17.8 Å². The number of aromatic nitrogens is 4. The Bertz CT molecular complexity index is 2010. The second kappa shape index (κ2) is 12.0. The first kappa shape index (κ1) is 30.5. The number of hydrogen-bond donors (Lipinski definition) is 3. The normalized spacial score (nSPS) is 24.2. The zero-order valence-electron chi connectivity index (χ0n) is 26.5. The molecular weight excluding hydrogens is 635 g/mol. The van der Waals surface area contributed by atoms with E-state index in [1.165, 1.54) is 5.56 Å². The maximum absolute atomic E-state index is 14.2. The van der Waals surface area contributed by atoms with Crippen LogP contribution in [0.1, 0.15) is 79.9 Å². The molecule has 4 aromatic heterocycles. The number of pyridine rings is 2. The van der Waals surface area contributed by atoms with E-state index in [2.05, 4.69) is 51.8 Å². The number of hydrogen-bond acceptors (Lipinski definition) is 12. The molecule has 1 saturated heterocycles. The summed E-state index contributed by atoms with van der Waals surface area (Å²) >= 11 is 1.57. The molecule has 0 amide bonds. The fourth-order valence-electron chi connectivity index (χ4n) is 7.72. The number of rotatable bonds is 8. The number of anilines is 2. The highest BCUT2D eigenvalue weighted by Crippen LogP contribution is 2.54. The van der Waals surface area contributed by atoms with Crippen LogP contribution in [-0.2, 0) is 21.0 Å². The molecule has 2 unspecified atom stereocenters. The monoisotopic (exact) mass is 673 g/mol. The maximum Gasteiger partial charge on any atom is 0.313 e.